The second-order valence-electron chi connectivity index (χ2n) is 4.77. The second-order valence-corrected chi connectivity index (χ2v) is 5.15. The fourth-order valence-corrected chi connectivity index (χ4v) is 2.15. The normalized spacial score (nSPS) is 15.0. The van der Waals surface area contributed by atoms with Crippen LogP contribution in [0.15, 0.2) is 24.7 Å². The van der Waals surface area contributed by atoms with Gasteiger partial charge in [0.05, 0.1) is 12.7 Å². The van der Waals surface area contributed by atoms with Gasteiger partial charge in [0.2, 0.25) is 0 Å². The maximum atomic E-state index is 11.9. The number of carbonyl (C=O) groups is 1. The van der Waals surface area contributed by atoms with Gasteiger partial charge >= 0.3 is 0 Å². The SMILES string of the molecule is Cn1c(Cl)cnc1Cn1ccc(C(=O)C2CC2)c1. The molecule has 4 nitrogen and oxygen atoms in total. The highest BCUT2D eigenvalue weighted by Crippen LogP contribution is 2.32. The van der Waals surface area contributed by atoms with E-state index in [2.05, 4.69) is 4.98 Å². The van der Waals surface area contributed by atoms with E-state index >= 15 is 0 Å². The van der Waals surface area contributed by atoms with Crippen LogP contribution in [0.2, 0.25) is 5.15 Å². The van der Waals surface area contributed by atoms with Gasteiger partial charge in [-0.15, -0.1) is 0 Å². The number of nitrogens with zero attached hydrogens (tertiary/aromatic N) is 3. The molecule has 5 heteroatoms. The highest BCUT2D eigenvalue weighted by molar-refractivity contribution is 6.29. The van der Waals surface area contributed by atoms with Gasteiger partial charge in [-0.2, -0.15) is 0 Å². The Kier molecular flexibility index (Phi) is 2.74. The van der Waals surface area contributed by atoms with E-state index in [-0.39, 0.29) is 11.7 Å². The van der Waals surface area contributed by atoms with Crippen LogP contribution in [0, 0.1) is 5.92 Å². The average Bonchev–Trinajstić information content (AvgIpc) is 3.04. The topological polar surface area (TPSA) is 39.8 Å². The van der Waals surface area contributed by atoms with E-state index < -0.39 is 0 Å². The zero-order chi connectivity index (χ0) is 12.7. The zero-order valence-corrected chi connectivity index (χ0v) is 10.9. The predicted octanol–water partition coefficient (Wildman–Crippen LogP) is 2.52. The molecule has 2 aromatic rings. The smallest absolute Gasteiger partial charge is 0.167 e. The van der Waals surface area contributed by atoms with E-state index in [1.807, 2.05) is 34.6 Å². The molecule has 0 amide bonds. The lowest BCUT2D eigenvalue weighted by Crippen LogP contribution is -2.05. The Hall–Kier alpha value is -1.55. The fourth-order valence-electron chi connectivity index (χ4n) is 2.00. The van der Waals surface area contributed by atoms with Gasteiger partial charge in [0.1, 0.15) is 11.0 Å². The van der Waals surface area contributed by atoms with E-state index in [9.17, 15) is 4.79 Å². The van der Waals surface area contributed by atoms with Crippen molar-refractivity contribution in [2.75, 3.05) is 0 Å². The molecule has 0 N–H and O–H groups in total. The minimum atomic E-state index is 0.267. The minimum Gasteiger partial charge on any atom is -0.346 e. The number of ketones is 1. The molecule has 0 bridgehead atoms. The summed E-state index contributed by atoms with van der Waals surface area (Å²) in [5, 5.41) is 0.617. The quantitative estimate of drug-likeness (QED) is 0.795. The molecule has 0 unspecified atom stereocenters. The van der Waals surface area contributed by atoms with Crippen LogP contribution in [-0.4, -0.2) is 19.9 Å². The Balaban J connectivity index is 1.77. The lowest BCUT2D eigenvalue weighted by molar-refractivity contribution is 0.0967. The Morgan fingerprint density at radius 1 is 1.56 bits per heavy atom. The minimum absolute atomic E-state index is 0.267. The number of hydrogen-bond donors (Lipinski definition) is 0. The molecule has 0 aliphatic heterocycles. The van der Waals surface area contributed by atoms with Crippen molar-refractivity contribution in [3.8, 4) is 0 Å². The van der Waals surface area contributed by atoms with E-state index in [4.69, 9.17) is 11.6 Å². The third-order valence-electron chi connectivity index (χ3n) is 3.33. The van der Waals surface area contributed by atoms with Crippen molar-refractivity contribution in [2.45, 2.75) is 19.4 Å². The van der Waals surface area contributed by atoms with Crippen LogP contribution in [0.1, 0.15) is 29.0 Å². The summed E-state index contributed by atoms with van der Waals surface area (Å²) in [6, 6.07) is 1.88. The van der Waals surface area contributed by atoms with Crippen LogP contribution < -0.4 is 0 Å². The highest BCUT2D eigenvalue weighted by atomic mass is 35.5. The van der Waals surface area contributed by atoms with E-state index in [1.54, 1.807) is 6.20 Å². The van der Waals surface area contributed by atoms with Gasteiger partial charge in [-0.1, -0.05) is 11.6 Å². The number of Topliss-reactive ketones (excluding diaryl/α,β-unsaturated/α-hetero) is 1. The molecule has 94 valence electrons. The van der Waals surface area contributed by atoms with Gasteiger partial charge < -0.3 is 9.13 Å². The number of hydrogen-bond acceptors (Lipinski definition) is 2. The van der Waals surface area contributed by atoms with Crippen molar-refractivity contribution in [3.63, 3.8) is 0 Å². The first-order chi connectivity index (χ1) is 8.65. The second kappa shape index (κ2) is 4.28. The summed E-state index contributed by atoms with van der Waals surface area (Å²) in [4.78, 5) is 16.1. The van der Waals surface area contributed by atoms with Crippen LogP contribution in [-0.2, 0) is 13.6 Å². The molecule has 3 rings (SSSR count). The van der Waals surface area contributed by atoms with Crippen LogP contribution in [0.5, 0.6) is 0 Å². The summed E-state index contributed by atoms with van der Waals surface area (Å²) in [6.45, 7) is 0.626. The van der Waals surface area contributed by atoms with Crippen LogP contribution >= 0.6 is 11.6 Å². The molecule has 0 radical (unpaired) electrons. The molecule has 0 aromatic carbocycles. The first kappa shape index (κ1) is 11.5. The standard InChI is InChI=1S/C13H14ClN3O/c1-16-11(14)6-15-12(16)8-17-5-4-10(7-17)13(18)9-2-3-9/h4-7,9H,2-3,8H2,1H3. The summed E-state index contributed by atoms with van der Waals surface area (Å²) in [5.41, 5.74) is 0.804. The fraction of sp³-hybridized carbons (Fsp3) is 0.385. The van der Waals surface area contributed by atoms with Crippen molar-refractivity contribution < 1.29 is 4.79 Å². The average molecular weight is 264 g/mol. The molecule has 1 saturated carbocycles. The molecular weight excluding hydrogens is 250 g/mol. The van der Waals surface area contributed by atoms with E-state index in [0.717, 1.165) is 24.2 Å². The van der Waals surface area contributed by atoms with Gasteiger partial charge in [-0.3, -0.25) is 4.79 Å². The summed E-state index contributed by atoms with van der Waals surface area (Å²) >= 11 is 5.94. The molecule has 1 fully saturated rings. The molecule has 18 heavy (non-hydrogen) atoms. The first-order valence-electron chi connectivity index (χ1n) is 6.01. The number of carbonyl (C=O) groups excluding carboxylic acids is 1. The molecule has 1 aliphatic rings. The van der Waals surface area contributed by atoms with Gasteiger partial charge in [0.25, 0.3) is 0 Å². The number of rotatable bonds is 4. The van der Waals surface area contributed by atoms with Gasteiger partial charge in [0, 0.05) is 30.9 Å². The Bertz CT molecular complexity index is 595. The summed E-state index contributed by atoms with van der Waals surface area (Å²) < 4.78 is 3.80. The number of halogens is 1. The predicted molar refractivity (Wildman–Crippen MR) is 68.8 cm³/mol. The van der Waals surface area contributed by atoms with Crippen molar-refractivity contribution in [1.29, 1.82) is 0 Å². The number of aromatic nitrogens is 3. The summed E-state index contributed by atoms with van der Waals surface area (Å²) in [5.74, 6) is 1.41. The maximum absolute atomic E-state index is 11.9. The van der Waals surface area contributed by atoms with Crippen LogP contribution in [0.4, 0.5) is 0 Å². The Labute approximate surface area is 110 Å². The zero-order valence-electron chi connectivity index (χ0n) is 10.1. The van der Waals surface area contributed by atoms with Crippen molar-refractivity contribution in [1.82, 2.24) is 14.1 Å². The monoisotopic (exact) mass is 263 g/mol. The molecule has 2 aromatic heterocycles. The molecule has 0 atom stereocenters. The summed E-state index contributed by atoms with van der Waals surface area (Å²) in [6.07, 6.45) is 7.52. The van der Waals surface area contributed by atoms with Crippen molar-refractivity contribution >= 4 is 17.4 Å². The van der Waals surface area contributed by atoms with Crippen molar-refractivity contribution in [3.05, 3.63) is 41.2 Å². The lowest BCUT2D eigenvalue weighted by atomic mass is 10.1. The third-order valence-corrected chi connectivity index (χ3v) is 3.69. The van der Waals surface area contributed by atoms with Gasteiger partial charge in [-0.05, 0) is 18.9 Å². The summed E-state index contributed by atoms with van der Waals surface area (Å²) in [7, 11) is 1.88. The Morgan fingerprint density at radius 3 is 2.94 bits per heavy atom. The van der Waals surface area contributed by atoms with Crippen LogP contribution in [0.25, 0.3) is 0 Å². The van der Waals surface area contributed by atoms with Crippen molar-refractivity contribution in [2.24, 2.45) is 13.0 Å². The van der Waals surface area contributed by atoms with E-state index in [1.165, 1.54) is 0 Å². The van der Waals surface area contributed by atoms with Gasteiger partial charge in [0.15, 0.2) is 5.78 Å². The Morgan fingerprint density at radius 2 is 2.33 bits per heavy atom. The highest BCUT2D eigenvalue weighted by Gasteiger charge is 2.30. The van der Waals surface area contributed by atoms with Crippen LogP contribution in [0.3, 0.4) is 0 Å². The molecular formula is C13H14ClN3O. The third kappa shape index (κ3) is 2.08. The lowest BCUT2D eigenvalue weighted by Gasteiger charge is -2.03. The molecule has 0 spiro atoms. The maximum Gasteiger partial charge on any atom is 0.167 e. The first-order valence-corrected chi connectivity index (χ1v) is 6.39. The van der Waals surface area contributed by atoms with E-state index in [0.29, 0.717) is 11.7 Å². The molecule has 1 aliphatic carbocycles. The molecule has 2 heterocycles. The molecule has 0 saturated heterocycles. The van der Waals surface area contributed by atoms with Gasteiger partial charge in [-0.25, -0.2) is 4.98 Å². The largest absolute Gasteiger partial charge is 0.346 e. The number of imidazole rings is 1.